The molecule has 2 aliphatic rings. The Morgan fingerprint density at radius 3 is 2.96 bits per heavy atom. The van der Waals surface area contributed by atoms with E-state index in [2.05, 4.69) is 6.58 Å². The van der Waals surface area contributed by atoms with Crippen LogP contribution in [-0.2, 0) is 11.0 Å². The van der Waals surface area contributed by atoms with Crippen molar-refractivity contribution in [2.24, 2.45) is 0 Å². The molecule has 5 nitrogen and oxygen atoms in total. The number of halogens is 1. The summed E-state index contributed by atoms with van der Waals surface area (Å²) in [4.78, 5) is 10.1. The van der Waals surface area contributed by atoms with Crippen molar-refractivity contribution >= 4 is 11.0 Å². The maximum Gasteiger partial charge on any atom is 0.268 e. The van der Waals surface area contributed by atoms with E-state index in [0.29, 0.717) is 13.0 Å². The van der Waals surface area contributed by atoms with Crippen LogP contribution in [0.1, 0.15) is 13.3 Å². The SMILES string of the molecule is C=C/C(=C\C=C\S(=O)N1CCC2=CC(C)=CC(F)=CC21)[N+](=O)[O-]. The van der Waals surface area contributed by atoms with E-state index in [-0.39, 0.29) is 17.6 Å². The highest BCUT2D eigenvalue weighted by atomic mass is 32.2. The fourth-order valence-corrected chi connectivity index (χ4v) is 3.56. The van der Waals surface area contributed by atoms with Gasteiger partial charge in [-0.1, -0.05) is 12.7 Å². The van der Waals surface area contributed by atoms with Gasteiger partial charge in [-0.05, 0) is 42.7 Å². The summed E-state index contributed by atoms with van der Waals surface area (Å²) < 4.78 is 27.8. The number of nitro groups is 1. The molecule has 0 N–H and O–H groups in total. The molecule has 0 aromatic carbocycles. The van der Waals surface area contributed by atoms with Crippen molar-refractivity contribution in [3.63, 3.8) is 0 Å². The lowest BCUT2D eigenvalue weighted by molar-refractivity contribution is -0.418. The molecule has 1 heterocycles. The monoisotopic (exact) mass is 336 g/mol. The smallest absolute Gasteiger partial charge is 0.258 e. The van der Waals surface area contributed by atoms with Crippen LogP contribution in [0.25, 0.3) is 0 Å². The topological polar surface area (TPSA) is 63.5 Å². The van der Waals surface area contributed by atoms with Gasteiger partial charge in [0.25, 0.3) is 5.70 Å². The number of allylic oxidation sites excluding steroid dienone is 7. The van der Waals surface area contributed by atoms with Crippen LogP contribution < -0.4 is 0 Å². The van der Waals surface area contributed by atoms with Gasteiger partial charge in [-0.2, -0.15) is 0 Å². The van der Waals surface area contributed by atoms with Crippen molar-refractivity contribution in [1.29, 1.82) is 0 Å². The summed E-state index contributed by atoms with van der Waals surface area (Å²) in [7, 11) is -1.50. The van der Waals surface area contributed by atoms with E-state index in [9.17, 15) is 18.7 Å². The summed E-state index contributed by atoms with van der Waals surface area (Å²) in [6, 6.07) is -0.354. The number of hydrogen-bond acceptors (Lipinski definition) is 3. The van der Waals surface area contributed by atoms with E-state index in [1.807, 2.05) is 13.0 Å². The molecule has 0 bridgehead atoms. The molecule has 1 aliphatic carbocycles. The van der Waals surface area contributed by atoms with Crippen molar-refractivity contribution in [3.05, 3.63) is 81.2 Å². The average Bonchev–Trinajstić information content (AvgIpc) is 2.78. The molecule has 2 rings (SSSR count). The Bertz CT molecular complexity index is 704. The van der Waals surface area contributed by atoms with Gasteiger partial charge in [-0.3, -0.25) is 10.1 Å². The third-order valence-corrected chi connectivity index (χ3v) is 4.78. The minimum atomic E-state index is -1.50. The van der Waals surface area contributed by atoms with Gasteiger partial charge < -0.3 is 0 Å². The number of rotatable bonds is 5. The second-order valence-electron chi connectivity index (χ2n) is 5.15. The largest absolute Gasteiger partial charge is 0.268 e. The molecular weight excluding hydrogens is 319 g/mol. The predicted octanol–water partition coefficient (Wildman–Crippen LogP) is 3.32. The molecule has 1 fully saturated rings. The lowest BCUT2D eigenvalue weighted by Crippen LogP contribution is -2.29. The molecule has 1 saturated heterocycles. The number of nitrogens with zero attached hydrogens (tertiary/aromatic N) is 2. The van der Waals surface area contributed by atoms with Crippen molar-refractivity contribution in [2.75, 3.05) is 6.54 Å². The molecule has 1 aliphatic heterocycles. The zero-order valence-electron chi connectivity index (χ0n) is 12.6. The zero-order chi connectivity index (χ0) is 17.0. The third-order valence-electron chi connectivity index (χ3n) is 3.52. The molecule has 23 heavy (non-hydrogen) atoms. The Kier molecular flexibility index (Phi) is 5.57. The quantitative estimate of drug-likeness (QED) is 0.439. The van der Waals surface area contributed by atoms with E-state index in [1.165, 1.54) is 29.7 Å². The minimum Gasteiger partial charge on any atom is -0.258 e. The summed E-state index contributed by atoms with van der Waals surface area (Å²) >= 11 is 0. The third kappa shape index (κ3) is 4.20. The summed E-state index contributed by atoms with van der Waals surface area (Å²) in [5.74, 6) is -0.353. The molecule has 2 unspecified atom stereocenters. The van der Waals surface area contributed by atoms with Crippen LogP contribution in [0.3, 0.4) is 0 Å². The van der Waals surface area contributed by atoms with E-state index in [0.717, 1.165) is 17.2 Å². The van der Waals surface area contributed by atoms with Crippen LogP contribution in [0.4, 0.5) is 4.39 Å². The number of fused-ring (bicyclic) bond motifs is 1. The Hall–Kier alpha value is -2.12. The van der Waals surface area contributed by atoms with Gasteiger partial charge in [-0.15, -0.1) is 0 Å². The molecule has 0 spiro atoms. The Morgan fingerprint density at radius 1 is 1.57 bits per heavy atom. The van der Waals surface area contributed by atoms with E-state index < -0.39 is 15.9 Å². The fourth-order valence-electron chi connectivity index (χ4n) is 2.50. The van der Waals surface area contributed by atoms with Gasteiger partial charge >= 0.3 is 0 Å². The summed E-state index contributed by atoms with van der Waals surface area (Å²) in [5, 5.41) is 12.0. The molecule has 7 heteroatoms. The van der Waals surface area contributed by atoms with Gasteiger partial charge in [0.15, 0.2) is 0 Å². The normalized spacial score (nSPS) is 23.7. The molecule has 0 saturated carbocycles. The van der Waals surface area contributed by atoms with Crippen molar-refractivity contribution in [3.8, 4) is 0 Å². The zero-order valence-corrected chi connectivity index (χ0v) is 13.5. The first-order valence-electron chi connectivity index (χ1n) is 7.01. The first-order chi connectivity index (χ1) is 10.9. The summed E-state index contributed by atoms with van der Waals surface area (Å²) in [5.41, 5.74) is 1.66. The lowest BCUT2D eigenvalue weighted by atomic mass is 10.1. The molecule has 2 atom stereocenters. The van der Waals surface area contributed by atoms with E-state index >= 15 is 0 Å². The van der Waals surface area contributed by atoms with Crippen molar-refractivity contribution < 1.29 is 13.5 Å². The minimum absolute atomic E-state index is 0.180. The first-order valence-corrected chi connectivity index (χ1v) is 8.18. The van der Waals surface area contributed by atoms with Crippen LogP contribution in [-0.4, -0.2) is 26.0 Å². The van der Waals surface area contributed by atoms with E-state index in [1.54, 1.807) is 4.31 Å². The highest BCUT2D eigenvalue weighted by Gasteiger charge is 2.31. The van der Waals surface area contributed by atoms with Crippen LogP contribution in [0.15, 0.2) is 71.1 Å². The maximum absolute atomic E-state index is 13.8. The summed E-state index contributed by atoms with van der Waals surface area (Å²) in [6.07, 6.45) is 9.22. The van der Waals surface area contributed by atoms with Gasteiger partial charge in [0.1, 0.15) is 16.8 Å². The second kappa shape index (κ2) is 7.43. The van der Waals surface area contributed by atoms with Crippen LogP contribution in [0, 0.1) is 10.1 Å². The standard InChI is InChI=1S/C16H17FN2O3S/c1-3-15(19(20)21)5-4-8-23(22)18-7-6-13-9-12(2)10-14(17)11-16(13)18/h3-5,8-11,16H,1,6-7H2,2H3/b8-4+,15-5+. The van der Waals surface area contributed by atoms with E-state index in [4.69, 9.17) is 0 Å². The molecular formula is C16H17FN2O3S. The molecule has 0 radical (unpaired) electrons. The van der Waals surface area contributed by atoms with Gasteiger partial charge in [-0.25, -0.2) is 12.9 Å². The Balaban J connectivity index is 2.16. The highest BCUT2D eigenvalue weighted by molar-refractivity contribution is 7.85. The van der Waals surface area contributed by atoms with Crippen LogP contribution in [0.2, 0.25) is 0 Å². The highest BCUT2D eigenvalue weighted by Crippen LogP contribution is 2.31. The Labute approximate surface area is 136 Å². The maximum atomic E-state index is 13.8. The average molecular weight is 336 g/mol. The molecule has 0 aromatic rings. The second-order valence-corrected chi connectivity index (χ2v) is 6.45. The van der Waals surface area contributed by atoms with Gasteiger partial charge in [0.2, 0.25) is 0 Å². The van der Waals surface area contributed by atoms with Crippen LogP contribution >= 0.6 is 0 Å². The fraction of sp³-hybridized carbons (Fsp3) is 0.250. The van der Waals surface area contributed by atoms with Crippen molar-refractivity contribution in [2.45, 2.75) is 19.4 Å². The molecule has 122 valence electrons. The van der Waals surface area contributed by atoms with Crippen molar-refractivity contribution in [1.82, 2.24) is 4.31 Å². The summed E-state index contributed by atoms with van der Waals surface area (Å²) in [6.45, 7) is 5.70. The predicted molar refractivity (Wildman–Crippen MR) is 88.7 cm³/mol. The molecule has 0 aromatic heterocycles. The van der Waals surface area contributed by atoms with Gasteiger partial charge in [0.05, 0.1) is 11.0 Å². The van der Waals surface area contributed by atoms with Crippen LogP contribution in [0.5, 0.6) is 0 Å². The Morgan fingerprint density at radius 2 is 2.30 bits per heavy atom. The first kappa shape index (κ1) is 17.2. The number of hydrogen-bond donors (Lipinski definition) is 0. The molecule has 0 amide bonds. The lowest BCUT2D eigenvalue weighted by Gasteiger charge is -2.18. The van der Waals surface area contributed by atoms with Gasteiger partial charge in [0, 0.05) is 24.1 Å².